The minimum atomic E-state index is -0.260. The number of benzene rings is 1. The minimum Gasteiger partial charge on any atom is -0.354 e. The van der Waals surface area contributed by atoms with Gasteiger partial charge >= 0.3 is 0 Å². The maximum absolute atomic E-state index is 13.3. The first-order chi connectivity index (χ1) is 13.4. The van der Waals surface area contributed by atoms with Crippen LogP contribution in [0.2, 0.25) is 0 Å². The molecule has 0 saturated carbocycles. The molecule has 2 heterocycles. The molecule has 1 aromatic heterocycles. The Balaban J connectivity index is 1.89. The fraction of sp³-hybridized carbons (Fsp3) is 0.500. The second-order valence-electron chi connectivity index (χ2n) is 7.78. The number of aryl methyl sites for hydroxylation is 2. The summed E-state index contributed by atoms with van der Waals surface area (Å²) < 4.78 is 13.3. The zero-order valence-corrected chi connectivity index (χ0v) is 17.2. The molecular formula is C22H29FN4O. The number of aromatic nitrogens is 2. The first-order valence-corrected chi connectivity index (χ1v) is 10.0. The predicted molar refractivity (Wildman–Crippen MR) is 109 cm³/mol. The molecule has 0 radical (unpaired) electrons. The lowest BCUT2D eigenvalue weighted by atomic mass is 10.0. The third kappa shape index (κ3) is 4.49. The normalized spacial score (nSPS) is 17.9. The molecule has 1 aliphatic heterocycles. The molecule has 0 spiro atoms. The molecule has 0 unspecified atom stereocenters. The van der Waals surface area contributed by atoms with E-state index in [-0.39, 0.29) is 23.7 Å². The number of halogens is 1. The van der Waals surface area contributed by atoms with Crippen LogP contribution in [0.25, 0.3) is 0 Å². The van der Waals surface area contributed by atoms with Gasteiger partial charge in [-0.05, 0) is 37.0 Å². The number of hydrogen-bond donors (Lipinski definition) is 0. The molecule has 1 atom stereocenters. The minimum absolute atomic E-state index is 0.0556. The average Bonchev–Trinajstić information content (AvgIpc) is 2.83. The van der Waals surface area contributed by atoms with E-state index in [1.165, 1.54) is 12.1 Å². The molecule has 1 aromatic carbocycles. The van der Waals surface area contributed by atoms with Crippen LogP contribution >= 0.6 is 0 Å². The molecule has 28 heavy (non-hydrogen) atoms. The van der Waals surface area contributed by atoms with Crippen molar-refractivity contribution in [2.45, 2.75) is 53.1 Å². The van der Waals surface area contributed by atoms with E-state index in [0.29, 0.717) is 19.5 Å². The summed E-state index contributed by atoms with van der Waals surface area (Å²) in [5, 5.41) is 0. The Morgan fingerprint density at radius 3 is 2.61 bits per heavy atom. The van der Waals surface area contributed by atoms with Crippen LogP contribution in [0.1, 0.15) is 44.1 Å². The summed E-state index contributed by atoms with van der Waals surface area (Å²) in [4.78, 5) is 26.2. The van der Waals surface area contributed by atoms with E-state index in [4.69, 9.17) is 4.98 Å². The van der Waals surface area contributed by atoms with Gasteiger partial charge in [-0.15, -0.1) is 0 Å². The van der Waals surface area contributed by atoms with Crippen molar-refractivity contribution < 1.29 is 9.18 Å². The standard InChI is InChI=1S/C22H29FN4O/c1-5-18-12-24-16(4)25-22(18)26-11-10-21(28)27(20(14-26)15(2)3)13-17-6-8-19(23)9-7-17/h6-9,12,15,20H,5,10-11,13-14H2,1-4H3/t20-/m0/s1. The predicted octanol–water partition coefficient (Wildman–Crippen LogP) is 3.75. The van der Waals surface area contributed by atoms with Gasteiger partial charge in [0.05, 0.1) is 6.04 Å². The van der Waals surface area contributed by atoms with E-state index >= 15 is 0 Å². The first kappa shape index (κ1) is 20.2. The molecule has 2 aromatic rings. The Hall–Kier alpha value is -2.50. The van der Waals surface area contributed by atoms with E-state index in [2.05, 4.69) is 30.7 Å². The highest BCUT2D eigenvalue weighted by molar-refractivity contribution is 5.78. The molecule has 1 amide bonds. The van der Waals surface area contributed by atoms with Gasteiger partial charge in [0.15, 0.2) is 0 Å². The molecule has 150 valence electrons. The Morgan fingerprint density at radius 2 is 1.96 bits per heavy atom. The van der Waals surface area contributed by atoms with Crippen LogP contribution in [0.5, 0.6) is 0 Å². The average molecular weight is 384 g/mol. The summed E-state index contributed by atoms with van der Waals surface area (Å²) >= 11 is 0. The largest absolute Gasteiger partial charge is 0.354 e. The lowest BCUT2D eigenvalue weighted by Gasteiger charge is -2.35. The Labute approximate surface area is 166 Å². The molecule has 1 saturated heterocycles. The molecule has 0 N–H and O–H groups in total. The molecule has 6 heteroatoms. The van der Waals surface area contributed by atoms with Gasteiger partial charge in [-0.2, -0.15) is 0 Å². The smallest absolute Gasteiger partial charge is 0.224 e. The molecule has 5 nitrogen and oxygen atoms in total. The van der Waals surface area contributed by atoms with E-state index in [9.17, 15) is 9.18 Å². The van der Waals surface area contributed by atoms with Crippen LogP contribution in [-0.4, -0.2) is 39.9 Å². The fourth-order valence-corrected chi connectivity index (χ4v) is 3.74. The second-order valence-corrected chi connectivity index (χ2v) is 7.78. The van der Waals surface area contributed by atoms with E-state index in [1.54, 1.807) is 12.1 Å². The SMILES string of the molecule is CCc1cnc(C)nc1N1CCC(=O)N(Cc2ccc(F)cc2)[C@H](C(C)C)C1. The van der Waals surface area contributed by atoms with Crippen molar-refractivity contribution in [2.24, 2.45) is 5.92 Å². The van der Waals surface area contributed by atoms with Gasteiger partial charge in [-0.1, -0.05) is 32.9 Å². The number of carbonyl (C=O) groups is 1. The monoisotopic (exact) mass is 384 g/mol. The zero-order valence-electron chi connectivity index (χ0n) is 17.2. The van der Waals surface area contributed by atoms with Crippen molar-refractivity contribution in [3.8, 4) is 0 Å². The van der Waals surface area contributed by atoms with Crippen LogP contribution in [-0.2, 0) is 17.8 Å². The van der Waals surface area contributed by atoms with Crippen molar-refractivity contribution in [1.82, 2.24) is 14.9 Å². The molecule has 0 bridgehead atoms. The Morgan fingerprint density at radius 1 is 1.25 bits per heavy atom. The Kier molecular flexibility index (Phi) is 6.27. The number of rotatable bonds is 5. The van der Waals surface area contributed by atoms with Crippen molar-refractivity contribution in [3.05, 3.63) is 53.2 Å². The van der Waals surface area contributed by atoms with Crippen LogP contribution in [0.4, 0.5) is 10.2 Å². The lowest BCUT2D eigenvalue weighted by Crippen LogP contribution is -2.46. The van der Waals surface area contributed by atoms with Crippen molar-refractivity contribution in [1.29, 1.82) is 0 Å². The summed E-state index contributed by atoms with van der Waals surface area (Å²) in [5.41, 5.74) is 2.05. The lowest BCUT2D eigenvalue weighted by molar-refractivity contribution is -0.134. The molecular weight excluding hydrogens is 355 g/mol. The van der Waals surface area contributed by atoms with E-state index in [1.807, 2.05) is 18.0 Å². The van der Waals surface area contributed by atoms with Crippen LogP contribution in [0, 0.1) is 18.7 Å². The van der Waals surface area contributed by atoms with Crippen LogP contribution < -0.4 is 4.90 Å². The molecule has 1 fully saturated rings. The Bertz CT molecular complexity index is 822. The third-order valence-corrected chi connectivity index (χ3v) is 5.40. The first-order valence-electron chi connectivity index (χ1n) is 10.0. The topological polar surface area (TPSA) is 49.3 Å². The summed E-state index contributed by atoms with van der Waals surface area (Å²) in [5.74, 6) is 1.85. The number of amides is 1. The molecule has 1 aliphatic rings. The third-order valence-electron chi connectivity index (χ3n) is 5.40. The van der Waals surface area contributed by atoms with Gasteiger partial charge in [0, 0.05) is 37.8 Å². The summed E-state index contributed by atoms with van der Waals surface area (Å²) in [7, 11) is 0. The van der Waals surface area contributed by atoms with E-state index < -0.39 is 0 Å². The number of carbonyl (C=O) groups excluding carboxylic acids is 1. The van der Waals surface area contributed by atoms with Gasteiger partial charge in [0.2, 0.25) is 5.91 Å². The van der Waals surface area contributed by atoms with Gasteiger partial charge in [0.25, 0.3) is 0 Å². The highest BCUT2D eigenvalue weighted by Crippen LogP contribution is 2.26. The zero-order chi connectivity index (χ0) is 20.3. The highest BCUT2D eigenvalue weighted by atomic mass is 19.1. The van der Waals surface area contributed by atoms with Gasteiger partial charge < -0.3 is 9.80 Å². The van der Waals surface area contributed by atoms with Crippen molar-refractivity contribution in [3.63, 3.8) is 0 Å². The van der Waals surface area contributed by atoms with Gasteiger partial charge in [-0.25, -0.2) is 14.4 Å². The van der Waals surface area contributed by atoms with Gasteiger partial charge in [-0.3, -0.25) is 4.79 Å². The maximum atomic E-state index is 13.3. The van der Waals surface area contributed by atoms with Crippen LogP contribution in [0.15, 0.2) is 30.5 Å². The van der Waals surface area contributed by atoms with Crippen molar-refractivity contribution in [2.75, 3.05) is 18.0 Å². The molecule has 3 rings (SSSR count). The second kappa shape index (κ2) is 8.67. The van der Waals surface area contributed by atoms with Crippen LogP contribution in [0.3, 0.4) is 0 Å². The van der Waals surface area contributed by atoms with Gasteiger partial charge in [0.1, 0.15) is 17.5 Å². The maximum Gasteiger partial charge on any atom is 0.224 e. The quantitative estimate of drug-likeness (QED) is 0.788. The summed E-state index contributed by atoms with van der Waals surface area (Å²) in [6, 6.07) is 6.47. The number of hydrogen-bond acceptors (Lipinski definition) is 4. The summed E-state index contributed by atoms with van der Waals surface area (Å²) in [6.07, 6.45) is 3.19. The molecule has 0 aliphatic carbocycles. The number of nitrogens with zero attached hydrogens (tertiary/aromatic N) is 4. The summed E-state index contributed by atoms with van der Waals surface area (Å²) in [6.45, 7) is 10.2. The van der Waals surface area contributed by atoms with Crippen molar-refractivity contribution >= 4 is 11.7 Å². The highest BCUT2D eigenvalue weighted by Gasteiger charge is 2.32. The number of anilines is 1. The fourth-order valence-electron chi connectivity index (χ4n) is 3.74. The van der Waals surface area contributed by atoms with E-state index in [0.717, 1.165) is 35.7 Å².